The monoisotopic (exact) mass is 380 g/mol. The van der Waals surface area contributed by atoms with Crippen molar-refractivity contribution in [2.45, 2.75) is 45.6 Å². The Morgan fingerprint density at radius 2 is 1.89 bits per heavy atom. The molecule has 2 aromatic rings. The fourth-order valence-electron chi connectivity index (χ4n) is 3.84. The number of methoxy groups -OCH3 is 1. The van der Waals surface area contributed by atoms with E-state index in [0.29, 0.717) is 6.42 Å². The van der Waals surface area contributed by atoms with E-state index in [1.54, 1.807) is 7.11 Å². The highest BCUT2D eigenvalue weighted by Gasteiger charge is 2.17. The fourth-order valence-corrected chi connectivity index (χ4v) is 3.84. The van der Waals surface area contributed by atoms with Crippen LogP contribution in [0.3, 0.4) is 0 Å². The van der Waals surface area contributed by atoms with Crippen LogP contribution in [0, 0.1) is 5.92 Å². The number of ether oxygens (including phenoxy) is 1. The molecule has 3 rings (SSSR count). The van der Waals surface area contributed by atoms with Crippen LogP contribution in [0.15, 0.2) is 48.5 Å². The first-order valence-electron chi connectivity index (χ1n) is 10.3. The van der Waals surface area contributed by atoms with Crippen LogP contribution in [0.5, 0.6) is 5.75 Å². The number of amides is 1. The first kappa shape index (κ1) is 20.2. The molecule has 0 radical (unpaired) electrons. The van der Waals surface area contributed by atoms with Gasteiger partial charge in [0.05, 0.1) is 13.2 Å². The Bertz CT molecular complexity index is 755. The number of aryl methyl sites for hydroxylation is 1. The van der Waals surface area contributed by atoms with Crippen molar-refractivity contribution in [3.8, 4) is 5.75 Å². The van der Waals surface area contributed by atoms with Crippen LogP contribution in [-0.4, -0.2) is 26.1 Å². The zero-order valence-electron chi connectivity index (χ0n) is 17.3. The van der Waals surface area contributed by atoms with Gasteiger partial charge in [-0.2, -0.15) is 0 Å². The topological polar surface area (TPSA) is 41.6 Å². The van der Waals surface area contributed by atoms with Crippen molar-refractivity contribution < 1.29 is 9.53 Å². The third kappa shape index (κ3) is 5.51. The Morgan fingerprint density at radius 1 is 1.18 bits per heavy atom. The lowest BCUT2D eigenvalue weighted by atomic mass is 9.99. The number of nitrogens with one attached hydrogen (secondary N) is 1. The molecule has 28 heavy (non-hydrogen) atoms. The predicted octanol–water partition coefficient (Wildman–Crippen LogP) is 4.74. The second-order valence-corrected chi connectivity index (χ2v) is 7.92. The number of carbonyl (C=O) groups is 1. The maximum absolute atomic E-state index is 12.3. The maximum Gasteiger partial charge on any atom is 0.220 e. The molecule has 0 aromatic heterocycles. The van der Waals surface area contributed by atoms with E-state index in [1.165, 1.54) is 18.5 Å². The summed E-state index contributed by atoms with van der Waals surface area (Å²) in [5.74, 6) is 1.68. The van der Waals surface area contributed by atoms with Gasteiger partial charge < -0.3 is 15.0 Å². The number of hydrogen-bond acceptors (Lipinski definition) is 3. The summed E-state index contributed by atoms with van der Waals surface area (Å²) in [6, 6.07) is 16.6. The molecule has 1 amide bonds. The molecule has 0 aliphatic carbocycles. The average Bonchev–Trinajstić information content (AvgIpc) is 2.72. The minimum atomic E-state index is 0.0118. The SMILES string of the molecule is COc1ccc(CCC(=O)N[C@H](C)c2ccc(N3CCC[C@@H](C)C3)cc2)cc1. The van der Waals surface area contributed by atoms with Crippen LogP contribution in [-0.2, 0) is 11.2 Å². The van der Waals surface area contributed by atoms with Crippen LogP contribution >= 0.6 is 0 Å². The first-order chi connectivity index (χ1) is 13.5. The molecule has 1 heterocycles. The molecule has 4 nitrogen and oxygen atoms in total. The molecule has 1 aliphatic heterocycles. The third-order valence-corrected chi connectivity index (χ3v) is 5.59. The first-order valence-corrected chi connectivity index (χ1v) is 10.3. The number of nitrogens with zero attached hydrogens (tertiary/aromatic N) is 1. The van der Waals surface area contributed by atoms with E-state index >= 15 is 0 Å². The molecular formula is C24H32N2O2. The highest BCUT2D eigenvalue weighted by atomic mass is 16.5. The molecule has 1 aliphatic rings. The molecule has 2 aromatic carbocycles. The van der Waals surface area contributed by atoms with Gasteiger partial charge in [-0.3, -0.25) is 4.79 Å². The van der Waals surface area contributed by atoms with E-state index in [1.807, 2.05) is 31.2 Å². The summed E-state index contributed by atoms with van der Waals surface area (Å²) in [5.41, 5.74) is 3.57. The molecule has 2 atom stereocenters. The molecule has 0 spiro atoms. The van der Waals surface area contributed by atoms with E-state index in [0.717, 1.165) is 42.3 Å². The average molecular weight is 381 g/mol. The van der Waals surface area contributed by atoms with Crippen molar-refractivity contribution >= 4 is 11.6 Å². The minimum absolute atomic E-state index is 0.0118. The molecule has 4 heteroatoms. The van der Waals surface area contributed by atoms with Gasteiger partial charge in [-0.25, -0.2) is 0 Å². The largest absolute Gasteiger partial charge is 0.497 e. The van der Waals surface area contributed by atoms with Crippen molar-refractivity contribution in [2.75, 3.05) is 25.1 Å². The fraction of sp³-hybridized carbons (Fsp3) is 0.458. The summed E-state index contributed by atoms with van der Waals surface area (Å²) in [6.45, 7) is 6.64. The molecule has 0 saturated carbocycles. The van der Waals surface area contributed by atoms with Crippen molar-refractivity contribution in [2.24, 2.45) is 5.92 Å². The number of piperidine rings is 1. The lowest BCUT2D eigenvalue weighted by Gasteiger charge is -2.33. The van der Waals surface area contributed by atoms with Gasteiger partial charge >= 0.3 is 0 Å². The van der Waals surface area contributed by atoms with E-state index in [4.69, 9.17) is 4.74 Å². The van der Waals surface area contributed by atoms with Crippen molar-refractivity contribution in [1.29, 1.82) is 0 Å². The van der Waals surface area contributed by atoms with Gasteiger partial charge in [-0.15, -0.1) is 0 Å². The predicted molar refractivity (Wildman–Crippen MR) is 115 cm³/mol. The minimum Gasteiger partial charge on any atom is -0.497 e. The van der Waals surface area contributed by atoms with Crippen molar-refractivity contribution in [3.05, 3.63) is 59.7 Å². The summed E-state index contributed by atoms with van der Waals surface area (Å²) < 4.78 is 5.17. The van der Waals surface area contributed by atoms with E-state index in [9.17, 15) is 4.79 Å². The second-order valence-electron chi connectivity index (χ2n) is 7.92. The Balaban J connectivity index is 1.49. The molecule has 0 unspecified atom stereocenters. The number of anilines is 1. The van der Waals surface area contributed by atoms with Gasteiger partial charge in [0.15, 0.2) is 0 Å². The lowest BCUT2D eigenvalue weighted by molar-refractivity contribution is -0.121. The Kier molecular flexibility index (Phi) is 6.96. The van der Waals surface area contributed by atoms with Crippen LogP contribution in [0.1, 0.15) is 50.3 Å². The van der Waals surface area contributed by atoms with Crippen molar-refractivity contribution in [1.82, 2.24) is 5.32 Å². The van der Waals surface area contributed by atoms with Crippen molar-refractivity contribution in [3.63, 3.8) is 0 Å². The Morgan fingerprint density at radius 3 is 2.54 bits per heavy atom. The normalized spacial score (nSPS) is 17.8. The molecule has 0 bridgehead atoms. The summed E-state index contributed by atoms with van der Waals surface area (Å²) in [7, 11) is 1.66. The summed E-state index contributed by atoms with van der Waals surface area (Å²) in [4.78, 5) is 14.8. The number of hydrogen-bond donors (Lipinski definition) is 1. The number of benzene rings is 2. The van der Waals surface area contributed by atoms with E-state index in [-0.39, 0.29) is 11.9 Å². The number of carbonyl (C=O) groups excluding carboxylic acids is 1. The molecule has 1 fully saturated rings. The molecule has 1 saturated heterocycles. The number of rotatable bonds is 7. The smallest absolute Gasteiger partial charge is 0.220 e. The standard InChI is InChI=1S/C24H32N2O2/c1-18-5-4-16-26(17-18)22-11-9-21(10-12-22)19(2)25-24(27)15-8-20-6-13-23(28-3)14-7-20/h6-7,9-14,18-19H,4-5,8,15-17H2,1-3H3,(H,25,27)/t18-,19-/m1/s1. The van der Waals surface area contributed by atoms with Gasteiger partial charge in [0.25, 0.3) is 0 Å². The molecule has 1 N–H and O–H groups in total. The van der Waals surface area contributed by atoms with Gasteiger partial charge in [0.1, 0.15) is 5.75 Å². The summed E-state index contributed by atoms with van der Waals surface area (Å²) >= 11 is 0. The van der Waals surface area contributed by atoms with Gasteiger partial charge in [-0.1, -0.05) is 31.2 Å². The third-order valence-electron chi connectivity index (χ3n) is 5.59. The highest BCUT2D eigenvalue weighted by molar-refractivity contribution is 5.76. The Hall–Kier alpha value is -2.49. The van der Waals surface area contributed by atoms with Crippen LogP contribution in [0.2, 0.25) is 0 Å². The van der Waals surface area contributed by atoms with Crippen LogP contribution in [0.4, 0.5) is 5.69 Å². The van der Waals surface area contributed by atoms with Gasteiger partial charge in [0, 0.05) is 25.2 Å². The summed E-state index contributed by atoms with van der Waals surface area (Å²) in [6.07, 6.45) is 3.81. The van der Waals surface area contributed by atoms with E-state index < -0.39 is 0 Å². The van der Waals surface area contributed by atoms with E-state index in [2.05, 4.69) is 41.4 Å². The second kappa shape index (κ2) is 9.63. The molecule has 150 valence electrons. The van der Waals surface area contributed by atoms with Crippen LogP contribution in [0.25, 0.3) is 0 Å². The zero-order chi connectivity index (χ0) is 19.9. The highest BCUT2D eigenvalue weighted by Crippen LogP contribution is 2.24. The zero-order valence-corrected chi connectivity index (χ0v) is 17.3. The lowest BCUT2D eigenvalue weighted by Crippen LogP contribution is -2.34. The van der Waals surface area contributed by atoms with Gasteiger partial charge in [0.2, 0.25) is 5.91 Å². The quantitative estimate of drug-likeness (QED) is 0.754. The molecular weight excluding hydrogens is 348 g/mol. The van der Waals surface area contributed by atoms with Gasteiger partial charge in [-0.05, 0) is 67.5 Å². The van der Waals surface area contributed by atoms with Crippen LogP contribution < -0.4 is 15.0 Å². The maximum atomic E-state index is 12.3. The summed E-state index contributed by atoms with van der Waals surface area (Å²) in [5, 5.41) is 3.12. The Labute approximate surface area is 168 Å².